The highest BCUT2D eigenvalue weighted by Crippen LogP contribution is 2.27. The van der Waals surface area contributed by atoms with Crippen LogP contribution >= 0.6 is 0 Å². The van der Waals surface area contributed by atoms with Crippen molar-refractivity contribution in [2.24, 2.45) is 0 Å². The van der Waals surface area contributed by atoms with Crippen molar-refractivity contribution in [3.8, 4) is 11.3 Å². The number of carboxylic acids is 1. The van der Waals surface area contributed by atoms with Crippen LogP contribution in [-0.4, -0.2) is 27.6 Å². The Bertz CT molecular complexity index is 906. The number of aliphatic carboxylic acids is 1. The molecule has 0 amide bonds. The van der Waals surface area contributed by atoms with Crippen LogP contribution in [0.25, 0.3) is 11.3 Å². The van der Waals surface area contributed by atoms with E-state index in [4.69, 9.17) is 5.11 Å². The molecule has 132 valence electrons. The van der Waals surface area contributed by atoms with Crippen LogP contribution in [0.2, 0.25) is 0 Å². The minimum Gasteiger partial charge on any atom is -0.480 e. The molecule has 6 heteroatoms. The molecule has 1 aromatic heterocycles. The number of hydrogen-bond acceptors (Lipinski definition) is 5. The molecule has 26 heavy (non-hydrogen) atoms. The van der Waals surface area contributed by atoms with Crippen LogP contribution in [0.4, 0.5) is 17.5 Å². The van der Waals surface area contributed by atoms with Crippen LogP contribution in [0.15, 0.2) is 54.6 Å². The van der Waals surface area contributed by atoms with Gasteiger partial charge >= 0.3 is 5.97 Å². The van der Waals surface area contributed by atoms with Gasteiger partial charge < -0.3 is 15.7 Å². The number of nitrogens with zero attached hydrogens (tertiary/aromatic N) is 2. The number of anilines is 3. The summed E-state index contributed by atoms with van der Waals surface area (Å²) in [7, 11) is 0. The summed E-state index contributed by atoms with van der Waals surface area (Å²) in [5, 5.41) is 15.0. The molecule has 0 unspecified atom stereocenters. The average molecular weight is 348 g/mol. The van der Waals surface area contributed by atoms with E-state index in [9.17, 15) is 4.79 Å². The van der Waals surface area contributed by atoms with Gasteiger partial charge in [0.25, 0.3) is 0 Å². The third kappa shape index (κ3) is 4.16. The number of carboxylic acid groups (broad SMARTS) is 1. The quantitative estimate of drug-likeness (QED) is 0.624. The molecule has 0 saturated carbocycles. The number of benzene rings is 2. The van der Waals surface area contributed by atoms with Gasteiger partial charge in [-0.25, -0.2) is 4.98 Å². The van der Waals surface area contributed by atoms with Gasteiger partial charge in [0.1, 0.15) is 12.4 Å². The summed E-state index contributed by atoms with van der Waals surface area (Å²) in [5.41, 5.74) is 4.82. The summed E-state index contributed by atoms with van der Waals surface area (Å²) < 4.78 is 0. The maximum atomic E-state index is 10.9. The molecule has 0 atom stereocenters. The summed E-state index contributed by atoms with van der Waals surface area (Å²) in [6, 6.07) is 17.6. The third-order valence-corrected chi connectivity index (χ3v) is 3.93. The lowest BCUT2D eigenvalue weighted by Gasteiger charge is -2.14. The Kier molecular flexibility index (Phi) is 5.12. The fraction of sp³-hybridized carbons (Fsp3) is 0.150. The van der Waals surface area contributed by atoms with E-state index in [1.807, 2.05) is 68.4 Å². The second-order valence-corrected chi connectivity index (χ2v) is 5.97. The number of aromatic nitrogens is 2. The van der Waals surface area contributed by atoms with Gasteiger partial charge in [-0.3, -0.25) is 4.79 Å². The Morgan fingerprint density at radius 3 is 2.35 bits per heavy atom. The van der Waals surface area contributed by atoms with Crippen molar-refractivity contribution < 1.29 is 9.90 Å². The van der Waals surface area contributed by atoms with Gasteiger partial charge in [0.05, 0.1) is 5.69 Å². The Hall–Kier alpha value is -3.41. The topological polar surface area (TPSA) is 87.1 Å². The zero-order valence-corrected chi connectivity index (χ0v) is 14.7. The lowest BCUT2D eigenvalue weighted by Crippen LogP contribution is -2.15. The summed E-state index contributed by atoms with van der Waals surface area (Å²) in [4.78, 5) is 19.7. The van der Waals surface area contributed by atoms with E-state index in [-0.39, 0.29) is 12.5 Å². The molecule has 3 aromatic rings. The van der Waals surface area contributed by atoms with Crippen molar-refractivity contribution in [3.05, 3.63) is 65.7 Å². The molecule has 0 radical (unpaired) electrons. The first-order valence-electron chi connectivity index (χ1n) is 8.26. The molecule has 0 bridgehead atoms. The number of hydrogen-bond donors (Lipinski definition) is 3. The maximum absolute atomic E-state index is 10.9. The molecule has 0 spiro atoms. The molecular weight excluding hydrogens is 328 g/mol. The monoisotopic (exact) mass is 348 g/mol. The lowest BCUT2D eigenvalue weighted by molar-refractivity contribution is -0.134. The molecule has 0 aliphatic rings. The van der Waals surface area contributed by atoms with Crippen LogP contribution in [0.5, 0.6) is 0 Å². The fourth-order valence-corrected chi connectivity index (χ4v) is 2.64. The van der Waals surface area contributed by atoms with Gasteiger partial charge in [0.15, 0.2) is 0 Å². The normalized spacial score (nSPS) is 10.4. The highest BCUT2D eigenvalue weighted by molar-refractivity contribution is 5.73. The van der Waals surface area contributed by atoms with Crippen LogP contribution in [0, 0.1) is 13.8 Å². The minimum atomic E-state index is -0.969. The van der Waals surface area contributed by atoms with Crippen molar-refractivity contribution in [2.45, 2.75) is 13.8 Å². The first-order valence-corrected chi connectivity index (χ1v) is 8.26. The van der Waals surface area contributed by atoms with Gasteiger partial charge in [-0.05, 0) is 25.0 Å². The predicted octanol–water partition coefficient (Wildman–Crippen LogP) is 4.00. The Morgan fingerprint density at radius 1 is 1.00 bits per heavy atom. The van der Waals surface area contributed by atoms with Crippen LogP contribution in [0.3, 0.4) is 0 Å². The molecule has 0 fully saturated rings. The van der Waals surface area contributed by atoms with Crippen LogP contribution < -0.4 is 10.6 Å². The van der Waals surface area contributed by atoms with Gasteiger partial charge in [-0.15, -0.1) is 0 Å². The molecule has 2 aromatic carbocycles. The van der Waals surface area contributed by atoms with E-state index in [0.29, 0.717) is 11.5 Å². The molecule has 6 nitrogen and oxygen atoms in total. The molecular formula is C20H20N4O2. The molecule has 1 heterocycles. The van der Waals surface area contributed by atoms with Crippen molar-refractivity contribution in [3.63, 3.8) is 0 Å². The fourth-order valence-electron chi connectivity index (χ4n) is 2.64. The molecule has 0 aliphatic heterocycles. The Morgan fingerprint density at radius 2 is 1.69 bits per heavy atom. The molecule has 3 rings (SSSR count). The van der Waals surface area contributed by atoms with E-state index in [1.54, 1.807) is 0 Å². The largest absolute Gasteiger partial charge is 0.480 e. The van der Waals surface area contributed by atoms with E-state index in [0.717, 1.165) is 22.4 Å². The van der Waals surface area contributed by atoms with E-state index < -0.39 is 5.97 Å². The van der Waals surface area contributed by atoms with Crippen molar-refractivity contribution in [2.75, 3.05) is 17.2 Å². The standard InChI is InChI=1S/C20H20N4O2/c1-13-7-6-8-14(2)19(13)23-17-11-16(15-9-4-3-5-10-15)22-20(24-17)21-12-18(25)26/h3-11H,12H2,1-2H3,(H,25,26)(H2,21,22,23,24). The summed E-state index contributed by atoms with van der Waals surface area (Å²) in [5.74, 6) is -0.102. The SMILES string of the molecule is Cc1cccc(C)c1Nc1cc(-c2ccccc2)nc(NCC(=O)O)n1. The second kappa shape index (κ2) is 7.65. The van der Waals surface area contributed by atoms with Gasteiger partial charge in [0.2, 0.25) is 5.95 Å². The molecule has 3 N–H and O–H groups in total. The minimum absolute atomic E-state index is 0.249. The highest BCUT2D eigenvalue weighted by atomic mass is 16.4. The first-order chi connectivity index (χ1) is 12.5. The maximum Gasteiger partial charge on any atom is 0.322 e. The van der Waals surface area contributed by atoms with E-state index in [1.165, 1.54) is 0 Å². The molecule has 0 aliphatic carbocycles. The smallest absolute Gasteiger partial charge is 0.322 e. The first kappa shape index (κ1) is 17.4. The van der Waals surface area contributed by atoms with E-state index in [2.05, 4.69) is 20.6 Å². The molecule has 0 saturated heterocycles. The lowest BCUT2D eigenvalue weighted by atomic mass is 10.1. The van der Waals surface area contributed by atoms with Crippen molar-refractivity contribution >= 4 is 23.4 Å². The van der Waals surface area contributed by atoms with Gasteiger partial charge in [0, 0.05) is 17.3 Å². The van der Waals surface area contributed by atoms with Crippen molar-refractivity contribution in [1.82, 2.24) is 9.97 Å². The van der Waals surface area contributed by atoms with Crippen LogP contribution in [0.1, 0.15) is 11.1 Å². The number of rotatable bonds is 6. The zero-order valence-electron chi connectivity index (χ0n) is 14.7. The summed E-state index contributed by atoms with van der Waals surface area (Å²) >= 11 is 0. The Balaban J connectivity index is 2.00. The summed E-state index contributed by atoms with van der Waals surface area (Å²) in [6.07, 6.45) is 0. The van der Waals surface area contributed by atoms with Gasteiger partial charge in [-0.1, -0.05) is 48.5 Å². The number of carbonyl (C=O) groups is 1. The number of aryl methyl sites for hydroxylation is 2. The third-order valence-electron chi connectivity index (χ3n) is 3.93. The number of para-hydroxylation sites is 1. The van der Waals surface area contributed by atoms with Gasteiger partial charge in [-0.2, -0.15) is 4.98 Å². The predicted molar refractivity (Wildman–Crippen MR) is 103 cm³/mol. The van der Waals surface area contributed by atoms with Crippen molar-refractivity contribution in [1.29, 1.82) is 0 Å². The summed E-state index contributed by atoms with van der Waals surface area (Å²) in [6.45, 7) is 3.80. The highest BCUT2D eigenvalue weighted by Gasteiger charge is 2.10. The number of nitrogens with one attached hydrogen (secondary N) is 2. The van der Waals surface area contributed by atoms with E-state index >= 15 is 0 Å². The van der Waals surface area contributed by atoms with Crippen LogP contribution in [-0.2, 0) is 4.79 Å². The second-order valence-electron chi connectivity index (χ2n) is 5.97. The average Bonchev–Trinajstić information content (AvgIpc) is 2.64. The Labute approximate surface area is 152 Å². The zero-order chi connectivity index (χ0) is 18.5.